The van der Waals surface area contributed by atoms with Crippen molar-refractivity contribution in [2.45, 2.75) is 26.4 Å². The zero-order valence-electron chi connectivity index (χ0n) is 15.8. The van der Waals surface area contributed by atoms with Crippen molar-refractivity contribution >= 4 is 62.5 Å². The first-order chi connectivity index (χ1) is 13.7. The van der Waals surface area contributed by atoms with E-state index in [0.29, 0.717) is 37.4 Å². The summed E-state index contributed by atoms with van der Waals surface area (Å²) < 4.78 is 6.25. The van der Waals surface area contributed by atoms with Crippen molar-refractivity contribution in [3.8, 4) is 5.75 Å². The molecule has 0 aliphatic heterocycles. The second-order valence-electron chi connectivity index (χ2n) is 6.16. The molecule has 0 heterocycles. The zero-order chi connectivity index (χ0) is 21.6. The van der Waals surface area contributed by atoms with Gasteiger partial charge in [0.25, 0.3) is 5.91 Å². The smallest absolute Gasteiger partial charge is 0.261 e. The first kappa shape index (κ1) is 23.8. The number of ether oxygens (including phenoxy) is 1. The van der Waals surface area contributed by atoms with E-state index in [1.165, 1.54) is 4.90 Å². The number of nitrogens with one attached hydrogen (secondary N) is 1. The van der Waals surface area contributed by atoms with E-state index in [9.17, 15) is 9.59 Å². The highest BCUT2D eigenvalue weighted by molar-refractivity contribution is 9.10. The van der Waals surface area contributed by atoms with Crippen LogP contribution < -0.4 is 10.1 Å². The van der Waals surface area contributed by atoms with Crippen LogP contribution in [0.4, 0.5) is 0 Å². The molecule has 0 saturated carbocycles. The predicted molar refractivity (Wildman–Crippen MR) is 120 cm³/mol. The van der Waals surface area contributed by atoms with Crippen LogP contribution in [0.3, 0.4) is 0 Å². The summed E-state index contributed by atoms with van der Waals surface area (Å²) in [7, 11) is 0. The van der Waals surface area contributed by atoms with Gasteiger partial charge in [-0.2, -0.15) is 0 Å². The van der Waals surface area contributed by atoms with E-state index in [0.717, 1.165) is 0 Å². The minimum absolute atomic E-state index is 0.0702. The fourth-order valence-electron chi connectivity index (χ4n) is 2.57. The monoisotopic (exact) mass is 520 g/mol. The van der Waals surface area contributed by atoms with Crippen molar-refractivity contribution in [2.24, 2.45) is 0 Å². The molecule has 0 unspecified atom stereocenters. The van der Waals surface area contributed by atoms with Crippen LogP contribution in [0.15, 0.2) is 40.9 Å². The maximum atomic E-state index is 13.0. The van der Waals surface area contributed by atoms with Crippen molar-refractivity contribution < 1.29 is 14.3 Å². The topological polar surface area (TPSA) is 58.6 Å². The van der Waals surface area contributed by atoms with Crippen LogP contribution in [-0.4, -0.2) is 35.9 Å². The summed E-state index contributed by atoms with van der Waals surface area (Å²) >= 11 is 21.8. The van der Waals surface area contributed by atoms with Gasteiger partial charge in [0.05, 0.1) is 4.47 Å². The van der Waals surface area contributed by atoms with Gasteiger partial charge in [0.1, 0.15) is 11.8 Å². The fraction of sp³-hybridized carbons (Fsp3) is 0.300. The number of rotatable bonds is 8. The SMILES string of the molecule is CCNC(=O)[C@H](C)N(Cc1c(Cl)cccc1Cl)C(=O)COc1ccc(Cl)cc1Br. The third kappa shape index (κ3) is 6.51. The normalized spacial score (nSPS) is 11.7. The summed E-state index contributed by atoms with van der Waals surface area (Å²) in [6, 6.07) is 9.32. The van der Waals surface area contributed by atoms with Gasteiger partial charge in [-0.25, -0.2) is 0 Å². The molecule has 2 amide bonds. The van der Waals surface area contributed by atoms with Crippen molar-refractivity contribution in [2.75, 3.05) is 13.2 Å². The average Bonchev–Trinajstić information content (AvgIpc) is 2.66. The van der Waals surface area contributed by atoms with Crippen molar-refractivity contribution in [1.29, 1.82) is 0 Å². The van der Waals surface area contributed by atoms with E-state index in [1.54, 1.807) is 43.3 Å². The number of likely N-dealkylation sites (N-methyl/N-ethyl adjacent to an activating group) is 1. The summed E-state index contributed by atoms with van der Waals surface area (Å²) in [5.74, 6) is -0.206. The van der Waals surface area contributed by atoms with Gasteiger partial charge in [-0.15, -0.1) is 0 Å². The molecular formula is C20H20BrCl3N2O3. The van der Waals surface area contributed by atoms with Gasteiger partial charge in [0, 0.05) is 33.7 Å². The Labute approximate surface area is 193 Å². The lowest BCUT2D eigenvalue weighted by Crippen LogP contribution is -2.49. The van der Waals surface area contributed by atoms with Crippen LogP contribution in [0.2, 0.25) is 15.1 Å². The molecule has 5 nitrogen and oxygen atoms in total. The van der Waals surface area contributed by atoms with Crippen LogP contribution >= 0.6 is 50.7 Å². The number of carbonyl (C=O) groups is 2. The first-order valence-corrected chi connectivity index (χ1v) is 10.7. The summed E-state index contributed by atoms with van der Waals surface area (Å²) in [6.45, 7) is 3.70. The third-order valence-electron chi connectivity index (χ3n) is 4.15. The van der Waals surface area contributed by atoms with Crippen LogP contribution in [0, 0.1) is 0 Å². The van der Waals surface area contributed by atoms with Gasteiger partial charge >= 0.3 is 0 Å². The number of carbonyl (C=O) groups excluding carboxylic acids is 2. The summed E-state index contributed by atoms with van der Waals surface area (Å²) in [6.07, 6.45) is 0. The molecule has 2 aromatic carbocycles. The molecule has 156 valence electrons. The molecule has 0 spiro atoms. The first-order valence-electron chi connectivity index (χ1n) is 8.82. The summed E-state index contributed by atoms with van der Waals surface area (Å²) in [5, 5.41) is 4.09. The highest BCUT2D eigenvalue weighted by atomic mass is 79.9. The quantitative estimate of drug-likeness (QED) is 0.509. The fourth-order valence-corrected chi connectivity index (χ4v) is 3.89. The van der Waals surface area contributed by atoms with E-state index in [1.807, 2.05) is 6.92 Å². The van der Waals surface area contributed by atoms with E-state index in [4.69, 9.17) is 39.5 Å². The third-order valence-corrected chi connectivity index (χ3v) is 5.72. The molecule has 0 fully saturated rings. The lowest BCUT2D eigenvalue weighted by atomic mass is 10.1. The van der Waals surface area contributed by atoms with E-state index in [-0.39, 0.29) is 25.0 Å². The molecule has 0 saturated heterocycles. The Morgan fingerprint density at radius 1 is 1.17 bits per heavy atom. The average molecular weight is 523 g/mol. The Kier molecular flexibility index (Phi) is 9.08. The number of benzene rings is 2. The van der Waals surface area contributed by atoms with Crippen LogP contribution in [-0.2, 0) is 16.1 Å². The maximum Gasteiger partial charge on any atom is 0.261 e. The highest BCUT2D eigenvalue weighted by Gasteiger charge is 2.27. The number of nitrogens with zero attached hydrogens (tertiary/aromatic N) is 1. The van der Waals surface area contributed by atoms with E-state index < -0.39 is 6.04 Å². The number of amides is 2. The molecular weight excluding hydrogens is 502 g/mol. The molecule has 0 radical (unpaired) electrons. The molecule has 0 aromatic heterocycles. The van der Waals surface area contributed by atoms with Crippen molar-refractivity contribution in [3.63, 3.8) is 0 Å². The number of hydrogen-bond acceptors (Lipinski definition) is 3. The molecule has 2 rings (SSSR count). The Balaban J connectivity index is 2.23. The van der Waals surface area contributed by atoms with Crippen LogP contribution in [0.5, 0.6) is 5.75 Å². The van der Waals surface area contributed by atoms with Crippen LogP contribution in [0.1, 0.15) is 19.4 Å². The summed E-state index contributed by atoms with van der Waals surface area (Å²) in [5.41, 5.74) is 0.563. The van der Waals surface area contributed by atoms with Gasteiger partial charge in [-0.1, -0.05) is 40.9 Å². The minimum atomic E-state index is -0.743. The lowest BCUT2D eigenvalue weighted by Gasteiger charge is -2.29. The molecule has 9 heteroatoms. The van der Waals surface area contributed by atoms with Gasteiger partial charge < -0.3 is 15.0 Å². The molecule has 0 aliphatic rings. The molecule has 1 atom stereocenters. The molecule has 29 heavy (non-hydrogen) atoms. The Morgan fingerprint density at radius 3 is 2.41 bits per heavy atom. The second kappa shape index (κ2) is 11.1. The number of hydrogen-bond donors (Lipinski definition) is 1. The van der Waals surface area contributed by atoms with Gasteiger partial charge in [0.15, 0.2) is 6.61 Å². The predicted octanol–water partition coefficient (Wildman–Crippen LogP) is 5.34. The minimum Gasteiger partial charge on any atom is -0.483 e. The molecule has 0 aliphatic carbocycles. The molecule has 1 N–H and O–H groups in total. The molecule has 2 aromatic rings. The van der Waals surface area contributed by atoms with Gasteiger partial charge in [-0.05, 0) is 60.1 Å². The Morgan fingerprint density at radius 2 is 1.83 bits per heavy atom. The van der Waals surface area contributed by atoms with Gasteiger partial charge in [-0.3, -0.25) is 9.59 Å². The largest absolute Gasteiger partial charge is 0.483 e. The maximum absolute atomic E-state index is 13.0. The van der Waals surface area contributed by atoms with Crippen molar-refractivity contribution in [3.05, 3.63) is 61.5 Å². The standard InChI is InChI=1S/C20H20BrCl3N2O3/c1-3-25-20(28)12(2)26(10-14-16(23)5-4-6-17(14)24)19(27)11-29-18-8-7-13(22)9-15(18)21/h4-9,12H,3,10-11H2,1-2H3,(H,25,28)/t12-/m0/s1. The Hall–Kier alpha value is -1.47. The zero-order valence-corrected chi connectivity index (χ0v) is 19.7. The lowest BCUT2D eigenvalue weighted by molar-refractivity contribution is -0.142. The summed E-state index contributed by atoms with van der Waals surface area (Å²) in [4.78, 5) is 26.7. The van der Waals surface area contributed by atoms with E-state index >= 15 is 0 Å². The Bertz CT molecular complexity index is 875. The van der Waals surface area contributed by atoms with Crippen molar-refractivity contribution in [1.82, 2.24) is 10.2 Å². The van der Waals surface area contributed by atoms with Gasteiger partial charge in [0.2, 0.25) is 5.91 Å². The highest BCUT2D eigenvalue weighted by Crippen LogP contribution is 2.29. The van der Waals surface area contributed by atoms with Crippen LogP contribution in [0.25, 0.3) is 0 Å². The molecule has 0 bridgehead atoms. The van der Waals surface area contributed by atoms with E-state index in [2.05, 4.69) is 21.2 Å². The number of halogens is 4. The second-order valence-corrected chi connectivity index (χ2v) is 8.26.